The van der Waals surface area contributed by atoms with Crippen molar-refractivity contribution in [3.8, 4) is 0 Å². The van der Waals surface area contributed by atoms with Gasteiger partial charge in [0, 0.05) is 19.1 Å². The minimum absolute atomic E-state index is 0.194. The van der Waals surface area contributed by atoms with E-state index in [9.17, 15) is 4.79 Å². The van der Waals surface area contributed by atoms with Crippen molar-refractivity contribution in [3.63, 3.8) is 0 Å². The molecule has 1 atom stereocenters. The van der Waals surface area contributed by atoms with Crippen molar-refractivity contribution in [3.05, 3.63) is 0 Å². The fourth-order valence-corrected chi connectivity index (χ4v) is 0.924. The van der Waals surface area contributed by atoms with E-state index in [1.165, 1.54) is 6.42 Å². The summed E-state index contributed by atoms with van der Waals surface area (Å²) < 4.78 is 5.35. The normalized spacial score (nSPS) is 12.8. The summed E-state index contributed by atoms with van der Waals surface area (Å²) in [6.07, 6.45) is 5.29. The fourth-order valence-electron chi connectivity index (χ4n) is 0.924. The lowest BCUT2D eigenvalue weighted by molar-refractivity contribution is -0.110. The van der Waals surface area contributed by atoms with Gasteiger partial charge in [0.2, 0.25) is 0 Å². The van der Waals surface area contributed by atoms with Crippen molar-refractivity contribution < 1.29 is 9.53 Å². The number of carbonyl (C=O) groups is 1. The van der Waals surface area contributed by atoms with E-state index >= 15 is 0 Å². The average Bonchev–Trinajstić information content (AvgIpc) is 2.10. The van der Waals surface area contributed by atoms with Crippen molar-refractivity contribution in [2.45, 2.75) is 39.5 Å². The second-order valence-electron chi connectivity index (χ2n) is 3.22. The van der Waals surface area contributed by atoms with Crippen LogP contribution in [0.5, 0.6) is 0 Å². The SMILES string of the molecule is CCCCOCCC[C@H](C)C=O. The van der Waals surface area contributed by atoms with E-state index in [1.54, 1.807) is 0 Å². The average molecular weight is 172 g/mol. The molecular formula is C10H20O2. The van der Waals surface area contributed by atoms with Crippen LogP contribution in [0.2, 0.25) is 0 Å². The molecule has 0 aliphatic carbocycles. The first-order valence-corrected chi connectivity index (χ1v) is 4.84. The monoisotopic (exact) mass is 172 g/mol. The van der Waals surface area contributed by atoms with Crippen LogP contribution in [0.1, 0.15) is 39.5 Å². The van der Waals surface area contributed by atoms with Crippen LogP contribution in [0.25, 0.3) is 0 Å². The van der Waals surface area contributed by atoms with Gasteiger partial charge in [-0.1, -0.05) is 20.3 Å². The lowest BCUT2D eigenvalue weighted by Gasteiger charge is -2.04. The van der Waals surface area contributed by atoms with Gasteiger partial charge in [-0.3, -0.25) is 0 Å². The molecular weight excluding hydrogens is 152 g/mol. The standard InChI is InChI=1S/C10H20O2/c1-3-4-7-12-8-5-6-10(2)9-11/h9-10H,3-8H2,1-2H3/t10-/m0/s1. The summed E-state index contributed by atoms with van der Waals surface area (Å²) in [6.45, 7) is 5.76. The predicted molar refractivity (Wildman–Crippen MR) is 50.2 cm³/mol. The predicted octanol–water partition coefficient (Wildman–Crippen LogP) is 2.42. The Morgan fingerprint density at radius 1 is 1.33 bits per heavy atom. The highest BCUT2D eigenvalue weighted by atomic mass is 16.5. The highest BCUT2D eigenvalue weighted by molar-refractivity contribution is 5.52. The zero-order valence-corrected chi connectivity index (χ0v) is 8.21. The van der Waals surface area contributed by atoms with Crippen molar-refractivity contribution >= 4 is 6.29 Å². The van der Waals surface area contributed by atoms with Crippen LogP contribution >= 0.6 is 0 Å². The van der Waals surface area contributed by atoms with Crippen LogP contribution in [0.15, 0.2) is 0 Å². The molecule has 0 aromatic rings. The van der Waals surface area contributed by atoms with Gasteiger partial charge in [0.15, 0.2) is 0 Å². The van der Waals surface area contributed by atoms with Gasteiger partial charge in [-0.15, -0.1) is 0 Å². The fraction of sp³-hybridized carbons (Fsp3) is 0.900. The third-order valence-electron chi connectivity index (χ3n) is 1.82. The quantitative estimate of drug-likeness (QED) is 0.415. The topological polar surface area (TPSA) is 26.3 Å². The van der Waals surface area contributed by atoms with E-state index in [0.717, 1.165) is 38.8 Å². The molecule has 72 valence electrons. The molecule has 0 N–H and O–H groups in total. The zero-order valence-electron chi connectivity index (χ0n) is 8.21. The largest absolute Gasteiger partial charge is 0.381 e. The van der Waals surface area contributed by atoms with Crippen LogP contribution in [0, 0.1) is 5.92 Å². The van der Waals surface area contributed by atoms with Crippen LogP contribution < -0.4 is 0 Å². The highest BCUT2D eigenvalue weighted by Crippen LogP contribution is 2.01. The molecule has 2 nitrogen and oxygen atoms in total. The molecule has 0 aliphatic rings. The van der Waals surface area contributed by atoms with Gasteiger partial charge in [0.25, 0.3) is 0 Å². The van der Waals surface area contributed by atoms with Gasteiger partial charge in [-0.25, -0.2) is 0 Å². The first kappa shape index (κ1) is 11.6. The maximum Gasteiger partial charge on any atom is 0.122 e. The van der Waals surface area contributed by atoms with Crippen molar-refractivity contribution in [2.75, 3.05) is 13.2 Å². The summed E-state index contributed by atoms with van der Waals surface area (Å²) in [5.41, 5.74) is 0. The lowest BCUT2D eigenvalue weighted by Crippen LogP contribution is -2.01. The molecule has 0 aliphatic heterocycles. The van der Waals surface area contributed by atoms with E-state index in [4.69, 9.17) is 4.74 Å². The maximum atomic E-state index is 10.2. The van der Waals surface area contributed by atoms with Crippen LogP contribution in [-0.4, -0.2) is 19.5 Å². The van der Waals surface area contributed by atoms with Crippen molar-refractivity contribution in [2.24, 2.45) is 5.92 Å². The Kier molecular flexibility index (Phi) is 8.46. The second kappa shape index (κ2) is 8.72. The molecule has 0 rings (SSSR count). The van der Waals surface area contributed by atoms with Gasteiger partial charge >= 0.3 is 0 Å². The number of rotatable bonds is 8. The first-order valence-electron chi connectivity index (χ1n) is 4.84. The molecule has 0 heterocycles. The minimum atomic E-state index is 0.194. The number of unbranched alkanes of at least 4 members (excludes halogenated alkanes) is 1. The molecule has 0 fully saturated rings. The molecule has 0 saturated heterocycles. The first-order chi connectivity index (χ1) is 5.81. The van der Waals surface area contributed by atoms with E-state index in [1.807, 2.05) is 6.92 Å². The summed E-state index contributed by atoms with van der Waals surface area (Å²) in [5.74, 6) is 0.194. The molecule has 0 spiro atoms. The van der Waals surface area contributed by atoms with Crippen LogP contribution in [-0.2, 0) is 9.53 Å². The van der Waals surface area contributed by atoms with Gasteiger partial charge in [0.1, 0.15) is 6.29 Å². The molecule has 0 unspecified atom stereocenters. The lowest BCUT2D eigenvalue weighted by atomic mass is 10.1. The minimum Gasteiger partial charge on any atom is -0.381 e. The van der Waals surface area contributed by atoms with Crippen LogP contribution in [0.3, 0.4) is 0 Å². The Morgan fingerprint density at radius 3 is 2.58 bits per heavy atom. The highest BCUT2D eigenvalue weighted by Gasteiger charge is 1.97. The number of ether oxygens (including phenoxy) is 1. The molecule has 0 amide bonds. The third kappa shape index (κ3) is 7.73. The Labute approximate surface area is 75.3 Å². The molecule has 0 aromatic heterocycles. The summed E-state index contributed by atoms with van der Waals surface area (Å²) >= 11 is 0. The number of hydrogen-bond donors (Lipinski definition) is 0. The molecule has 0 aromatic carbocycles. The van der Waals surface area contributed by atoms with Crippen LogP contribution in [0.4, 0.5) is 0 Å². The second-order valence-corrected chi connectivity index (χ2v) is 3.22. The van der Waals surface area contributed by atoms with E-state index in [-0.39, 0.29) is 5.92 Å². The smallest absolute Gasteiger partial charge is 0.122 e. The third-order valence-corrected chi connectivity index (χ3v) is 1.82. The molecule has 2 heteroatoms. The number of hydrogen-bond acceptors (Lipinski definition) is 2. The number of aldehydes is 1. The molecule has 0 radical (unpaired) electrons. The maximum absolute atomic E-state index is 10.2. The van der Waals surface area contributed by atoms with Gasteiger partial charge in [-0.05, 0) is 19.3 Å². The zero-order chi connectivity index (χ0) is 9.23. The van der Waals surface area contributed by atoms with Gasteiger partial charge in [-0.2, -0.15) is 0 Å². The van der Waals surface area contributed by atoms with E-state index in [2.05, 4.69) is 6.92 Å². The van der Waals surface area contributed by atoms with Gasteiger partial charge < -0.3 is 9.53 Å². The molecule has 12 heavy (non-hydrogen) atoms. The summed E-state index contributed by atoms with van der Waals surface area (Å²) in [5, 5.41) is 0. The van der Waals surface area contributed by atoms with Crippen molar-refractivity contribution in [1.82, 2.24) is 0 Å². The Bertz CT molecular complexity index is 102. The summed E-state index contributed by atoms with van der Waals surface area (Å²) in [4.78, 5) is 10.2. The molecule has 0 bridgehead atoms. The van der Waals surface area contributed by atoms with E-state index < -0.39 is 0 Å². The molecule has 0 saturated carbocycles. The number of carbonyl (C=O) groups excluding carboxylic acids is 1. The summed E-state index contributed by atoms with van der Waals surface area (Å²) in [7, 11) is 0. The Morgan fingerprint density at radius 2 is 2.00 bits per heavy atom. The van der Waals surface area contributed by atoms with E-state index in [0.29, 0.717) is 0 Å². The Hall–Kier alpha value is -0.370. The summed E-state index contributed by atoms with van der Waals surface area (Å²) in [6, 6.07) is 0. The van der Waals surface area contributed by atoms with Gasteiger partial charge in [0.05, 0.1) is 0 Å². The van der Waals surface area contributed by atoms with Crippen molar-refractivity contribution in [1.29, 1.82) is 0 Å². The Balaban J connectivity index is 2.95.